The molecular formula is C20H27N3O4S. The highest BCUT2D eigenvalue weighted by atomic mass is 32.2. The van der Waals surface area contributed by atoms with Crippen molar-refractivity contribution in [3.8, 4) is 11.5 Å². The third kappa shape index (κ3) is 5.98. The summed E-state index contributed by atoms with van der Waals surface area (Å²) in [4.78, 5) is 18.8. The number of ether oxygens (including phenoxy) is 1. The van der Waals surface area contributed by atoms with Gasteiger partial charge in [-0.2, -0.15) is 0 Å². The predicted molar refractivity (Wildman–Crippen MR) is 108 cm³/mol. The number of rotatable bonds is 8. The molecule has 1 N–H and O–H groups in total. The summed E-state index contributed by atoms with van der Waals surface area (Å²) in [5.41, 5.74) is 2.68. The number of nitrogens with zero attached hydrogens (tertiary/aromatic N) is 2. The van der Waals surface area contributed by atoms with Crippen molar-refractivity contribution in [1.29, 1.82) is 0 Å². The average molecular weight is 406 g/mol. The Kier molecular flexibility index (Phi) is 7.36. The molecule has 1 fully saturated rings. The van der Waals surface area contributed by atoms with Crippen molar-refractivity contribution in [3.63, 3.8) is 0 Å². The van der Waals surface area contributed by atoms with Crippen molar-refractivity contribution in [2.24, 2.45) is 0 Å². The van der Waals surface area contributed by atoms with Gasteiger partial charge in [-0.15, -0.1) is 0 Å². The van der Waals surface area contributed by atoms with Crippen molar-refractivity contribution in [1.82, 2.24) is 15.2 Å². The van der Waals surface area contributed by atoms with E-state index in [2.05, 4.69) is 15.2 Å². The zero-order chi connectivity index (χ0) is 19.9. The lowest BCUT2D eigenvalue weighted by Crippen LogP contribution is -2.42. The quantitative estimate of drug-likeness (QED) is 0.719. The highest BCUT2D eigenvalue weighted by Gasteiger charge is 2.16. The maximum Gasteiger partial charge on any atom is 0.232 e. The summed E-state index contributed by atoms with van der Waals surface area (Å²) >= 11 is 0. The number of carbonyl (C=O) groups excluding carboxylic acids is 1. The third-order valence-electron chi connectivity index (χ3n) is 4.63. The van der Waals surface area contributed by atoms with Crippen LogP contribution in [0.15, 0.2) is 28.7 Å². The fourth-order valence-corrected chi connectivity index (χ4v) is 4.03. The molecule has 1 aliphatic heterocycles. The van der Waals surface area contributed by atoms with E-state index in [0.717, 1.165) is 44.0 Å². The molecular weight excluding hydrogens is 378 g/mol. The van der Waals surface area contributed by atoms with E-state index in [0.29, 0.717) is 23.9 Å². The summed E-state index contributed by atoms with van der Waals surface area (Å²) < 4.78 is 23.4. The first-order valence-electron chi connectivity index (χ1n) is 9.46. The summed E-state index contributed by atoms with van der Waals surface area (Å²) in [6, 6.07) is 7.88. The van der Waals surface area contributed by atoms with Gasteiger partial charge in [-0.05, 0) is 26.0 Å². The molecule has 2 heterocycles. The van der Waals surface area contributed by atoms with E-state index in [4.69, 9.17) is 9.15 Å². The maximum absolute atomic E-state index is 12.4. The second-order valence-electron chi connectivity index (χ2n) is 6.92. The smallest absolute Gasteiger partial charge is 0.232 e. The molecule has 1 aromatic heterocycles. The number of benzene rings is 1. The van der Waals surface area contributed by atoms with Crippen molar-refractivity contribution >= 4 is 16.7 Å². The molecule has 1 aliphatic rings. The van der Waals surface area contributed by atoms with Crippen LogP contribution in [0.4, 0.5) is 0 Å². The van der Waals surface area contributed by atoms with Gasteiger partial charge in [0.05, 0.1) is 24.7 Å². The summed E-state index contributed by atoms with van der Waals surface area (Å²) in [5.74, 6) is 1.12. The van der Waals surface area contributed by atoms with Crippen LogP contribution in [-0.4, -0.2) is 65.1 Å². The third-order valence-corrected chi connectivity index (χ3v) is 5.81. The first-order chi connectivity index (χ1) is 13.5. The number of nitrogens with one attached hydrogen (secondary N) is 1. The Morgan fingerprint density at radius 2 is 1.93 bits per heavy atom. The van der Waals surface area contributed by atoms with Crippen LogP contribution in [0, 0.1) is 13.8 Å². The topological polar surface area (TPSA) is 84.7 Å². The van der Waals surface area contributed by atoms with Gasteiger partial charge < -0.3 is 14.5 Å². The van der Waals surface area contributed by atoms with Crippen molar-refractivity contribution in [2.75, 3.05) is 45.1 Å². The fraction of sp³-hybridized carbons (Fsp3) is 0.500. The summed E-state index contributed by atoms with van der Waals surface area (Å²) in [6.07, 6.45) is 0. The summed E-state index contributed by atoms with van der Waals surface area (Å²) in [5, 5.41) is 2.84. The Labute approximate surface area is 167 Å². The standard InChI is InChI=1S/C20H27N3O4S/c1-15-3-5-17(6-4-15)20-22-18(16(2)27-20)13-28(25)14-19(24)21-7-8-23-9-11-26-12-10-23/h3-6H,7-14H2,1-2H3,(H,21,24)/t28-/m1/s1. The van der Waals surface area contributed by atoms with Gasteiger partial charge in [0, 0.05) is 42.5 Å². The van der Waals surface area contributed by atoms with Gasteiger partial charge in [0.25, 0.3) is 0 Å². The second kappa shape index (κ2) is 9.95. The number of oxazole rings is 1. The fourth-order valence-electron chi connectivity index (χ4n) is 2.96. The number of morpholine rings is 1. The maximum atomic E-state index is 12.4. The molecule has 1 amide bonds. The van der Waals surface area contributed by atoms with Crippen molar-refractivity contribution in [2.45, 2.75) is 19.6 Å². The van der Waals surface area contributed by atoms with E-state index in [9.17, 15) is 9.00 Å². The number of carbonyl (C=O) groups is 1. The first kappa shape index (κ1) is 20.7. The first-order valence-corrected chi connectivity index (χ1v) is 10.9. The molecule has 0 aliphatic carbocycles. The van der Waals surface area contributed by atoms with Gasteiger partial charge in [0.1, 0.15) is 11.5 Å². The molecule has 28 heavy (non-hydrogen) atoms. The normalized spacial score (nSPS) is 16.1. The number of aromatic nitrogens is 1. The lowest BCUT2D eigenvalue weighted by molar-refractivity contribution is -0.118. The zero-order valence-electron chi connectivity index (χ0n) is 16.4. The van der Waals surface area contributed by atoms with E-state index in [1.807, 2.05) is 31.2 Å². The minimum Gasteiger partial charge on any atom is -0.441 e. The Morgan fingerprint density at radius 1 is 1.21 bits per heavy atom. The Hall–Kier alpha value is -2.03. The van der Waals surface area contributed by atoms with E-state index in [1.54, 1.807) is 6.92 Å². The van der Waals surface area contributed by atoms with Crippen LogP contribution in [0.1, 0.15) is 17.0 Å². The number of hydrogen-bond donors (Lipinski definition) is 1. The number of amides is 1. The van der Waals surface area contributed by atoms with E-state index in [-0.39, 0.29) is 17.4 Å². The molecule has 0 unspecified atom stereocenters. The van der Waals surface area contributed by atoms with Crippen LogP contribution >= 0.6 is 0 Å². The predicted octanol–water partition coefficient (Wildman–Crippen LogP) is 1.66. The van der Waals surface area contributed by atoms with Crippen LogP contribution in [0.3, 0.4) is 0 Å². The van der Waals surface area contributed by atoms with E-state index < -0.39 is 10.8 Å². The van der Waals surface area contributed by atoms with E-state index in [1.165, 1.54) is 0 Å². The van der Waals surface area contributed by atoms with Gasteiger partial charge >= 0.3 is 0 Å². The minimum atomic E-state index is -1.33. The minimum absolute atomic E-state index is 0.0325. The summed E-state index contributed by atoms with van der Waals surface area (Å²) in [6.45, 7) is 8.40. The molecule has 3 rings (SSSR count). The van der Waals surface area contributed by atoms with Gasteiger partial charge in [-0.25, -0.2) is 4.98 Å². The Morgan fingerprint density at radius 3 is 2.64 bits per heavy atom. The second-order valence-corrected chi connectivity index (χ2v) is 8.38. The zero-order valence-corrected chi connectivity index (χ0v) is 17.2. The Balaban J connectivity index is 1.46. The summed E-state index contributed by atoms with van der Waals surface area (Å²) in [7, 11) is -1.33. The average Bonchev–Trinajstić information content (AvgIpc) is 3.03. The SMILES string of the molecule is Cc1ccc(-c2nc(C[S@@](=O)CC(=O)NCCN3CCOCC3)c(C)o2)cc1. The molecule has 0 spiro atoms. The molecule has 1 saturated heterocycles. The van der Waals surface area contributed by atoms with Crippen LogP contribution in [-0.2, 0) is 26.1 Å². The van der Waals surface area contributed by atoms with Crippen molar-refractivity contribution < 1.29 is 18.2 Å². The van der Waals surface area contributed by atoms with Gasteiger partial charge in [-0.1, -0.05) is 17.7 Å². The van der Waals surface area contributed by atoms with Gasteiger partial charge in [-0.3, -0.25) is 13.9 Å². The van der Waals surface area contributed by atoms with Crippen molar-refractivity contribution in [3.05, 3.63) is 41.3 Å². The molecule has 2 aromatic rings. The molecule has 1 aromatic carbocycles. The molecule has 1 atom stereocenters. The lowest BCUT2D eigenvalue weighted by Gasteiger charge is -2.26. The van der Waals surface area contributed by atoms with E-state index >= 15 is 0 Å². The van der Waals surface area contributed by atoms with Crippen LogP contribution in [0.2, 0.25) is 0 Å². The molecule has 8 heteroatoms. The highest BCUT2D eigenvalue weighted by Crippen LogP contribution is 2.22. The molecule has 0 saturated carbocycles. The van der Waals surface area contributed by atoms with Crippen LogP contribution in [0.25, 0.3) is 11.5 Å². The lowest BCUT2D eigenvalue weighted by atomic mass is 10.1. The van der Waals surface area contributed by atoms with Crippen LogP contribution < -0.4 is 5.32 Å². The highest BCUT2D eigenvalue weighted by molar-refractivity contribution is 7.84. The van der Waals surface area contributed by atoms with Gasteiger partial charge in [0.15, 0.2) is 0 Å². The number of hydrogen-bond acceptors (Lipinski definition) is 6. The largest absolute Gasteiger partial charge is 0.441 e. The van der Waals surface area contributed by atoms with Gasteiger partial charge in [0.2, 0.25) is 11.8 Å². The molecule has 7 nitrogen and oxygen atoms in total. The monoisotopic (exact) mass is 405 g/mol. The number of aryl methyl sites for hydroxylation is 2. The Bertz CT molecular complexity index is 813. The molecule has 0 radical (unpaired) electrons. The van der Waals surface area contributed by atoms with Crippen LogP contribution in [0.5, 0.6) is 0 Å². The molecule has 0 bridgehead atoms. The molecule has 152 valence electrons.